The molecule has 0 aliphatic carbocycles. The first-order chi connectivity index (χ1) is 19.4. The van der Waals surface area contributed by atoms with E-state index in [2.05, 4.69) is 11.1 Å². The van der Waals surface area contributed by atoms with Gasteiger partial charge in [0.1, 0.15) is 0 Å². The van der Waals surface area contributed by atoms with Gasteiger partial charge in [-0.25, -0.2) is 8.42 Å². The van der Waals surface area contributed by atoms with Crippen molar-refractivity contribution in [1.82, 2.24) is 9.88 Å². The highest BCUT2D eigenvalue weighted by atomic mass is 32.2. The van der Waals surface area contributed by atoms with E-state index < -0.39 is 21.1 Å². The molecule has 6 nitrogen and oxygen atoms in total. The first kappa shape index (κ1) is 26.8. The zero-order valence-corrected chi connectivity index (χ0v) is 23.7. The van der Waals surface area contributed by atoms with Gasteiger partial charge >= 0.3 is 0 Å². The van der Waals surface area contributed by atoms with Crippen LogP contribution in [0.3, 0.4) is 0 Å². The number of hydrogen-bond acceptors (Lipinski definition) is 4. The molecular formula is C33H36N2O4S. The third-order valence-corrected chi connectivity index (χ3v) is 10.8. The normalized spacial score (nSPS) is 20.9. The molecule has 2 aliphatic rings. The van der Waals surface area contributed by atoms with Gasteiger partial charge < -0.3 is 14.6 Å². The summed E-state index contributed by atoms with van der Waals surface area (Å²) in [5.74, 6) is -0.221. The van der Waals surface area contributed by atoms with E-state index in [9.17, 15) is 13.2 Å². The Bertz CT molecular complexity index is 1590. The first-order valence-electron chi connectivity index (χ1n) is 14.2. The second kappa shape index (κ2) is 11.2. The lowest BCUT2D eigenvalue weighted by Gasteiger charge is -2.47. The molecule has 208 valence electrons. The predicted molar refractivity (Wildman–Crippen MR) is 157 cm³/mol. The van der Waals surface area contributed by atoms with Crippen LogP contribution >= 0.6 is 0 Å². The Hall–Kier alpha value is -3.42. The summed E-state index contributed by atoms with van der Waals surface area (Å²) in [7, 11) is -3.73. The summed E-state index contributed by atoms with van der Waals surface area (Å²) in [4.78, 5) is 19.2. The van der Waals surface area contributed by atoms with Gasteiger partial charge in [-0.2, -0.15) is 0 Å². The standard InChI is InChI=1S/C33H36N2O4S/c1-23-14-16-26(17-15-23)40(37,38)33-25(11-7-8-20-39-22-24-9-3-2-4-10-24)21-30(36)35-19-18-28-27-12-5-6-13-29(27)34-31(28)32(33)35/h2-6,9-10,12-17,25,32-34H,7-8,11,18-22H2,1H3/t25-,32-,33+/m0/s1. The number of carbonyl (C=O) groups is 1. The molecule has 1 saturated heterocycles. The molecule has 3 aromatic carbocycles. The summed E-state index contributed by atoms with van der Waals surface area (Å²) < 4.78 is 34.7. The fourth-order valence-corrected chi connectivity index (χ4v) is 8.75. The summed E-state index contributed by atoms with van der Waals surface area (Å²) in [5.41, 5.74) is 5.17. The van der Waals surface area contributed by atoms with Crippen LogP contribution in [0.15, 0.2) is 83.8 Å². The number of aromatic nitrogens is 1. The molecule has 0 saturated carbocycles. The summed E-state index contributed by atoms with van der Waals surface area (Å²) in [6.07, 6.45) is 3.27. The van der Waals surface area contributed by atoms with Crippen LogP contribution in [0, 0.1) is 12.8 Å². The van der Waals surface area contributed by atoms with Crippen molar-refractivity contribution in [2.75, 3.05) is 13.2 Å². The Morgan fingerprint density at radius 1 is 0.950 bits per heavy atom. The van der Waals surface area contributed by atoms with Gasteiger partial charge in [0.2, 0.25) is 5.91 Å². The number of rotatable bonds is 9. The maximum Gasteiger partial charge on any atom is 0.223 e. The molecule has 1 aromatic heterocycles. The summed E-state index contributed by atoms with van der Waals surface area (Å²) in [6, 6.07) is 24.8. The molecule has 1 amide bonds. The average molecular weight is 557 g/mol. The van der Waals surface area contributed by atoms with Gasteiger partial charge in [0.05, 0.1) is 22.8 Å². The van der Waals surface area contributed by atoms with Gasteiger partial charge in [-0.05, 0) is 61.4 Å². The molecule has 6 rings (SSSR count). The van der Waals surface area contributed by atoms with Gasteiger partial charge in [-0.1, -0.05) is 72.6 Å². The van der Waals surface area contributed by atoms with Crippen LogP contribution in [0.1, 0.15) is 54.1 Å². The van der Waals surface area contributed by atoms with Crippen molar-refractivity contribution in [3.05, 3.63) is 101 Å². The van der Waals surface area contributed by atoms with Gasteiger partial charge in [-0.15, -0.1) is 0 Å². The van der Waals surface area contributed by atoms with Gasteiger partial charge in [0.15, 0.2) is 9.84 Å². The number of sulfone groups is 1. The molecule has 7 heteroatoms. The number of amides is 1. The number of nitrogens with one attached hydrogen (secondary N) is 1. The fourth-order valence-electron chi connectivity index (χ4n) is 6.56. The van der Waals surface area contributed by atoms with E-state index in [0.29, 0.717) is 31.1 Å². The zero-order chi connectivity index (χ0) is 27.7. The highest BCUT2D eigenvalue weighted by molar-refractivity contribution is 7.92. The second-order valence-corrected chi connectivity index (χ2v) is 13.3. The van der Waals surface area contributed by atoms with Crippen LogP contribution in [-0.2, 0) is 32.4 Å². The number of ether oxygens (including phenoxy) is 1. The lowest BCUT2D eigenvalue weighted by Crippen LogP contribution is -2.55. The number of unbranched alkanes of at least 4 members (excludes halogenated alkanes) is 1. The number of nitrogens with zero attached hydrogens (tertiary/aromatic N) is 1. The highest BCUT2D eigenvalue weighted by Gasteiger charge is 2.51. The van der Waals surface area contributed by atoms with E-state index in [1.165, 1.54) is 0 Å². The number of carbonyl (C=O) groups excluding carboxylic acids is 1. The van der Waals surface area contributed by atoms with Crippen LogP contribution in [0.25, 0.3) is 10.9 Å². The number of para-hydroxylation sites is 1. The maximum absolute atomic E-state index is 14.4. The third kappa shape index (κ3) is 5.08. The van der Waals surface area contributed by atoms with Gasteiger partial charge in [-0.3, -0.25) is 4.79 Å². The van der Waals surface area contributed by atoms with Crippen LogP contribution in [-0.4, -0.2) is 42.6 Å². The van der Waals surface area contributed by atoms with Crippen molar-refractivity contribution in [3.8, 4) is 0 Å². The van der Waals surface area contributed by atoms with Crippen molar-refractivity contribution in [3.63, 3.8) is 0 Å². The van der Waals surface area contributed by atoms with E-state index in [1.807, 2.05) is 72.5 Å². The molecule has 0 unspecified atom stereocenters. The first-order valence-corrected chi connectivity index (χ1v) is 15.8. The number of fused-ring (bicyclic) bond motifs is 5. The molecule has 1 N–H and O–H groups in total. The highest BCUT2D eigenvalue weighted by Crippen LogP contribution is 2.47. The molecule has 3 atom stereocenters. The molecule has 0 bridgehead atoms. The summed E-state index contributed by atoms with van der Waals surface area (Å²) >= 11 is 0. The Labute approximate surface area is 236 Å². The Balaban J connectivity index is 1.29. The minimum Gasteiger partial charge on any atom is -0.377 e. The molecule has 1 fully saturated rings. The van der Waals surface area contributed by atoms with Crippen LogP contribution in [0.5, 0.6) is 0 Å². The quantitative estimate of drug-likeness (QED) is 0.251. The minimum absolute atomic E-state index is 0.0509. The Morgan fingerprint density at radius 3 is 2.50 bits per heavy atom. The second-order valence-electron chi connectivity index (χ2n) is 11.2. The van der Waals surface area contributed by atoms with Crippen molar-refractivity contribution in [2.45, 2.75) is 61.8 Å². The predicted octanol–water partition coefficient (Wildman–Crippen LogP) is 6.15. The number of hydrogen-bond donors (Lipinski definition) is 1. The number of aromatic amines is 1. The van der Waals surface area contributed by atoms with Gasteiger partial charge in [0, 0.05) is 36.2 Å². The minimum atomic E-state index is -3.73. The zero-order valence-electron chi connectivity index (χ0n) is 22.9. The van der Waals surface area contributed by atoms with Crippen LogP contribution in [0.2, 0.25) is 0 Å². The molecule has 0 radical (unpaired) electrons. The lowest BCUT2D eigenvalue weighted by atomic mass is 9.81. The lowest BCUT2D eigenvalue weighted by molar-refractivity contribution is -0.139. The summed E-state index contributed by atoms with van der Waals surface area (Å²) in [6.45, 7) is 3.66. The monoisotopic (exact) mass is 556 g/mol. The molecule has 0 spiro atoms. The maximum atomic E-state index is 14.4. The molecule has 3 heterocycles. The van der Waals surface area contributed by atoms with E-state index in [-0.39, 0.29) is 18.2 Å². The topological polar surface area (TPSA) is 79.5 Å². The van der Waals surface area contributed by atoms with Crippen molar-refractivity contribution < 1.29 is 17.9 Å². The molecule has 2 aliphatic heterocycles. The largest absolute Gasteiger partial charge is 0.377 e. The number of aryl methyl sites for hydroxylation is 1. The Morgan fingerprint density at radius 2 is 1.70 bits per heavy atom. The molecule has 4 aromatic rings. The Kier molecular flexibility index (Phi) is 7.51. The van der Waals surface area contributed by atoms with Gasteiger partial charge in [0.25, 0.3) is 0 Å². The fraction of sp³-hybridized carbons (Fsp3) is 0.364. The van der Waals surface area contributed by atoms with E-state index >= 15 is 0 Å². The SMILES string of the molecule is Cc1ccc(S(=O)(=O)[C@@H]2[C@@H](CCCCOCc3ccccc3)CC(=O)N3CCc4c([nH]c5ccccc45)[C@@H]23)cc1. The third-order valence-electron chi connectivity index (χ3n) is 8.55. The van der Waals surface area contributed by atoms with Crippen LogP contribution in [0.4, 0.5) is 0 Å². The molecule has 40 heavy (non-hydrogen) atoms. The van der Waals surface area contributed by atoms with Crippen molar-refractivity contribution >= 4 is 26.6 Å². The van der Waals surface area contributed by atoms with E-state index in [4.69, 9.17) is 4.74 Å². The van der Waals surface area contributed by atoms with Crippen molar-refractivity contribution in [1.29, 1.82) is 0 Å². The van der Waals surface area contributed by atoms with E-state index in [0.717, 1.165) is 52.5 Å². The van der Waals surface area contributed by atoms with Crippen LogP contribution < -0.4 is 0 Å². The average Bonchev–Trinajstić information content (AvgIpc) is 3.35. The van der Waals surface area contributed by atoms with Crippen molar-refractivity contribution in [2.24, 2.45) is 5.92 Å². The number of benzene rings is 3. The van der Waals surface area contributed by atoms with E-state index in [1.54, 1.807) is 12.1 Å². The number of piperidine rings is 1. The molecular weight excluding hydrogens is 520 g/mol. The smallest absolute Gasteiger partial charge is 0.223 e. The summed E-state index contributed by atoms with van der Waals surface area (Å²) in [5, 5.41) is 0.402. The number of H-pyrrole nitrogens is 1.